The fourth-order valence-electron chi connectivity index (χ4n) is 4.57. The molecule has 2 unspecified atom stereocenters. The van der Waals surface area contributed by atoms with E-state index >= 15 is 0 Å². The lowest BCUT2D eigenvalue weighted by atomic mass is 9.78. The van der Waals surface area contributed by atoms with Gasteiger partial charge < -0.3 is 9.84 Å². The first-order chi connectivity index (χ1) is 15.0. The lowest BCUT2D eigenvalue weighted by molar-refractivity contribution is 0.160. The first-order valence-electron chi connectivity index (χ1n) is 11.2. The highest BCUT2D eigenvalue weighted by Gasteiger charge is 2.28. The second-order valence-corrected chi connectivity index (χ2v) is 8.75. The maximum absolute atomic E-state index is 14.5. The van der Waals surface area contributed by atoms with Gasteiger partial charge in [0.15, 0.2) is 11.6 Å². The Kier molecular flexibility index (Phi) is 6.83. The van der Waals surface area contributed by atoms with Crippen LogP contribution in [0.2, 0.25) is 0 Å². The molecule has 4 rings (SSSR count). The molecule has 1 aliphatic heterocycles. The molecule has 0 aromatic heterocycles. The molecule has 2 aromatic rings. The maximum Gasteiger partial charge on any atom is 0.166 e. The molecule has 2 aromatic carbocycles. The van der Waals surface area contributed by atoms with Crippen LogP contribution in [-0.4, -0.2) is 11.7 Å². The fraction of sp³-hybridized carbons (Fsp3) is 0.462. The second kappa shape index (κ2) is 9.58. The molecule has 1 N–H and O–H groups in total. The van der Waals surface area contributed by atoms with Crippen molar-refractivity contribution in [1.29, 1.82) is 0 Å². The van der Waals surface area contributed by atoms with Gasteiger partial charge in [0.2, 0.25) is 0 Å². The van der Waals surface area contributed by atoms with Crippen molar-refractivity contribution in [3.63, 3.8) is 0 Å². The number of benzene rings is 2. The third-order valence-electron chi connectivity index (χ3n) is 6.55. The van der Waals surface area contributed by atoms with Gasteiger partial charge in [-0.05, 0) is 61.1 Å². The largest absolute Gasteiger partial charge is 0.388 e. The van der Waals surface area contributed by atoms with Gasteiger partial charge in [0.05, 0.1) is 12.7 Å². The van der Waals surface area contributed by atoms with Crippen LogP contribution in [0.4, 0.5) is 13.2 Å². The molecular formula is C26H29F3O2. The van der Waals surface area contributed by atoms with Crippen LogP contribution in [0.25, 0.3) is 6.08 Å². The molecule has 0 bridgehead atoms. The number of rotatable bonds is 7. The van der Waals surface area contributed by atoms with Gasteiger partial charge in [-0.3, -0.25) is 0 Å². The number of aliphatic hydroxyl groups is 1. The van der Waals surface area contributed by atoms with Gasteiger partial charge in [-0.15, -0.1) is 0 Å². The molecule has 0 radical (unpaired) electrons. The van der Waals surface area contributed by atoms with Crippen LogP contribution in [0.3, 0.4) is 0 Å². The molecule has 2 fully saturated rings. The van der Waals surface area contributed by atoms with Gasteiger partial charge in [-0.1, -0.05) is 49.8 Å². The van der Waals surface area contributed by atoms with Crippen molar-refractivity contribution in [2.45, 2.75) is 63.6 Å². The van der Waals surface area contributed by atoms with Crippen molar-refractivity contribution < 1.29 is 23.0 Å². The topological polar surface area (TPSA) is 32.8 Å². The third kappa shape index (κ3) is 5.04. The average Bonchev–Trinajstić information content (AvgIpc) is 3.61. The Labute approximate surface area is 181 Å². The summed E-state index contributed by atoms with van der Waals surface area (Å²) in [5, 5.41) is 9.98. The van der Waals surface area contributed by atoms with Crippen LogP contribution < -0.4 is 0 Å². The number of hydrogen-bond acceptors (Lipinski definition) is 2. The Morgan fingerprint density at radius 3 is 2.45 bits per heavy atom. The number of ether oxygens (including phenoxy) is 1. The van der Waals surface area contributed by atoms with E-state index in [0.717, 1.165) is 36.8 Å². The summed E-state index contributed by atoms with van der Waals surface area (Å²) in [5.74, 6) is -1.60. The number of epoxide rings is 1. The van der Waals surface area contributed by atoms with E-state index in [9.17, 15) is 18.3 Å². The number of hydrogen-bond donors (Lipinski definition) is 1. The Morgan fingerprint density at radius 2 is 1.81 bits per heavy atom. The van der Waals surface area contributed by atoms with Crippen molar-refractivity contribution >= 4 is 6.08 Å². The standard InChI is InChI=1S/C26H29F3O2/c1-2-3-23(30)21-13-10-18(25(28)26(21)29)9-6-16-4-7-17(8-5-16)20-12-11-19(14-22(20)27)24-15-31-24/h6,9-14,16-17,23-24,30H,2-5,7-8,15H2,1H3/b9-6+. The molecule has 5 heteroatoms. The highest BCUT2D eigenvalue weighted by atomic mass is 19.2. The smallest absolute Gasteiger partial charge is 0.166 e. The van der Waals surface area contributed by atoms with Gasteiger partial charge in [0.1, 0.15) is 11.9 Å². The van der Waals surface area contributed by atoms with Gasteiger partial charge in [-0.2, -0.15) is 0 Å². The lowest BCUT2D eigenvalue weighted by Gasteiger charge is -2.27. The minimum absolute atomic E-state index is 0.0123. The number of aliphatic hydroxyl groups excluding tert-OH is 1. The Hall–Kier alpha value is -2.11. The van der Waals surface area contributed by atoms with Crippen molar-refractivity contribution in [3.8, 4) is 0 Å². The van der Waals surface area contributed by atoms with E-state index in [4.69, 9.17) is 4.74 Å². The van der Waals surface area contributed by atoms with E-state index < -0.39 is 17.7 Å². The minimum Gasteiger partial charge on any atom is -0.388 e. The summed E-state index contributed by atoms with van der Waals surface area (Å²) in [7, 11) is 0. The maximum atomic E-state index is 14.5. The zero-order chi connectivity index (χ0) is 22.0. The molecule has 31 heavy (non-hydrogen) atoms. The summed E-state index contributed by atoms with van der Waals surface area (Å²) in [6.45, 7) is 2.55. The minimum atomic E-state index is -0.987. The summed E-state index contributed by atoms with van der Waals surface area (Å²) in [4.78, 5) is 0. The van der Waals surface area contributed by atoms with E-state index in [1.807, 2.05) is 25.1 Å². The van der Waals surface area contributed by atoms with Gasteiger partial charge in [0, 0.05) is 11.1 Å². The molecule has 1 heterocycles. The van der Waals surface area contributed by atoms with Crippen LogP contribution in [0.15, 0.2) is 36.4 Å². The first-order valence-corrected chi connectivity index (χ1v) is 11.2. The number of allylic oxidation sites excluding steroid dienone is 1. The Balaban J connectivity index is 1.37. The zero-order valence-corrected chi connectivity index (χ0v) is 17.8. The van der Waals surface area contributed by atoms with Crippen LogP contribution in [0, 0.1) is 23.4 Å². The Bertz CT molecular complexity index is 944. The second-order valence-electron chi connectivity index (χ2n) is 8.75. The fourth-order valence-corrected chi connectivity index (χ4v) is 4.57. The molecule has 166 valence electrons. The summed E-state index contributed by atoms with van der Waals surface area (Å²) < 4.78 is 48.6. The third-order valence-corrected chi connectivity index (χ3v) is 6.55. The molecule has 1 aliphatic carbocycles. The predicted molar refractivity (Wildman–Crippen MR) is 115 cm³/mol. The number of halogens is 3. The lowest BCUT2D eigenvalue weighted by Crippen LogP contribution is -2.13. The van der Waals surface area contributed by atoms with E-state index in [1.165, 1.54) is 12.1 Å². The monoisotopic (exact) mass is 430 g/mol. The Morgan fingerprint density at radius 1 is 1.06 bits per heavy atom. The van der Waals surface area contributed by atoms with Crippen molar-refractivity contribution in [2.24, 2.45) is 5.92 Å². The predicted octanol–water partition coefficient (Wildman–Crippen LogP) is 7.00. The van der Waals surface area contributed by atoms with Crippen LogP contribution in [0.5, 0.6) is 0 Å². The summed E-state index contributed by atoms with van der Waals surface area (Å²) >= 11 is 0. The van der Waals surface area contributed by atoms with Crippen LogP contribution >= 0.6 is 0 Å². The average molecular weight is 431 g/mol. The van der Waals surface area contributed by atoms with Gasteiger partial charge in [-0.25, -0.2) is 13.2 Å². The normalized spacial score (nSPS) is 24.5. The first kappa shape index (κ1) is 22.1. The zero-order valence-electron chi connectivity index (χ0n) is 17.8. The van der Waals surface area contributed by atoms with Gasteiger partial charge >= 0.3 is 0 Å². The van der Waals surface area contributed by atoms with E-state index in [2.05, 4.69) is 0 Å². The van der Waals surface area contributed by atoms with E-state index in [-0.39, 0.29) is 34.9 Å². The molecule has 1 saturated heterocycles. The van der Waals surface area contributed by atoms with E-state index in [1.54, 1.807) is 12.1 Å². The van der Waals surface area contributed by atoms with Crippen molar-refractivity contribution in [2.75, 3.05) is 6.61 Å². The van der Waals surface area contributed by atoms with Crippen LogP contribution in [-0.2, 0) is 4.74 Å². The summed E-state index contributed by atoms with van der Waals surface area (Å²) in [6.07, 6.45) is 7.20. The molecule has 2 nitrogen and oxygen atoms in total. The SMILES string of the molecule is CCCC(O)c1ccc(/C=C/C2CCC(c3ccc(C4CO4)cc3F)CC2)c(F)c1F. The van der Waals surface area contributed by atoms with Gasteiger partial charge in [0.25, 0.3) is 0 Å². The summed E-state index contributed by atoms with van der Waals surface area (Å²) in [6, 6.07) is 8.43. The van der Waals surface area contributed by atoms with Crippen molar-refractivity contribution in [1.82, 2.24) is 0 Å². The molecule has 2 aliphatic rings. The molecule has 0 spiro atoms. The highest BCUT2D eigenvalue weighted by Crippen LogP contribution is 2.39. The quantitative estimate of drug-likeness (QED) is 0.480. The van der Waals surface area contributed by atoms with E-state index in [0.29, 0.717) is 19.4 Å². The summed E-state index contributed by atoms with van der Waals surface area (Å²) in [5.41, 5.74) is 1.87. The van der Waals surface area contributed by atoms with Crippen molar-refractivity contribution in [3.05, 3.63) is 76.1 Å². The molecule has 0 amide bonds. The highest BCUT2D eigenvalue weighted by molar-refractivity contribution is 5.51. The molecular weight excluding hydrogens is 401 g/mol. The molecule has 2 atom stereocenters. The van der Waals surface area contributed by atoms with Crippen LogP contribution in [0.1, 0.15) is 85.8 Å². The molecule has 1 saturated carbocycles.